The van der Waals surface area contributed by atoms with Crippen molar-refractivity contribution < 1.29 is 104 Å². The number of hydrogen-bond donors (Lipinski definition) is 13. The van der Waals surface area contributed by atoms with Crippen LogP contribution in [-0.2, 0) is 33.2 Å². The molecule has 5 aliphatic rings. The van der Waals surface area contributed by atoms with Crippen LogP contribution in [0, 0.1) is 0 Å². The van der Waals surface area contributed by atoms with E-state index in [1.807, 2.05) is 0 Å². The number of methoxy groups -OCH3 is 1. The van der Waals surface area contributed by atoms with Crippen LogP contribution in [0.2, 0.25) is 0 Å². The highest BCUT2D eigenvalue weighted by Gasteiger charge is 2.52. The summed E-state index contributed by atoms with van der Waals surface area (Å²) >= 11 is 0. The van der Waals surface area contributed by atoms with E-state index < -0.39 is 118 Å². The van der Waals surface area contributed by atoms with Crippen LogP contribution in [-0.4, -0.2) is 192 Å². The monoisotopic (exact) mass is 788 g/mol. The smallest absolute Gasteiger partial charge is 0.229 e. The van der Waals surface area contributed by atoms with Crippen LogP contribution >= 0.6 is 0 Å². The van der Waals surface area contributed by atoms with E-state index >= 15 is 0 Å². The molecule has 4 heterocycles. The van der Waals surface area contributed by atoms with E-state index in [1.165, 1.54) is 37.5 Å². The summed E-state index contributed by atoms with van der Waals surface area (Å²) < 4.78 is 46.1. The minimum atomic E-state index is -1.95. The van der Waals surface area contributed by atoms with Gasteiger partial charge in [-0.2, -0.15) is 0 Å². The summed E-state index contributed by atoms with van der Waals surface area (Å²) in [5.41, 5.74) is 0.265. The lowest BCUT2D eigenvalue weighted by Gasteiger charge is -2.46. The topological polar surface area (TPSA) is 337 Å². The minimum Gasteiger partial charge on any atom is -0.508 e. The lowest BCUT2D eigenvalue weighted by atomic mass is 9.95. The quantitative estimate of drug-likeness (QED) is 0.100. The van der Waals surface area contributed by atoms with Crippen LogP contribution in [0.4, 0.5) is 0 Å². The Balaban J connectivity index is 1.40. The predicted molar refractivity (Wildman–Crippen MR) is 176 cm³/mol. The first-order chi connectivity index (χ1) is 26.2. The second-order valence-corrected chi connectivity index (χ2v) is 13.3. The Morgan fingerprint density at radius 1 is 0.636 bits per heavy atom. The number of benzene rings is 1. The Hall–Kier alpha value is -3.62. The van der Waals surface area contributed by atoms with Crippen molar-refractivity contribution in [3.63, 3.8) is 0 Å². The molecule has 306 valence electrons. The molecule has 6 rings (SSSR count). The van der Waals surface area contributed by atoms with Gasteiger partial charge in [0, 0.05) is 23.3 Å². The molecule has 0 saturated carbocycles. The molecule has 3 saturated heterocycles. The van der Waals surface area contributed by atoms with Crippen molar-refractivity contribution in [2.45, 2.75) is 98.2 Å². The maximum Gasteiger partial charge on any atom is 0.229 e. The minimum absolute atomic E-state index is 0.00655. The van der Waals surface area contributed by atoms with Gasteiger partial charge in [0.1, 0.15) is 84.8 Å². The van der Waals surface area contributed by atoms with E-state index in [0.29, 0.717) is 0 Å². The fraction of sp³-hybridized carbons (Fsp3) is 0.588. The van der Waals surface area contributed by atoms with E-state index in [-0.39, 0.29) is 45.7 Å². The van der Waals surface area contributed by atoms with Crippen molar-refractivity contribution in [3.8, 4) is 11.5 Å². The molecule has 0 spiro atoms. The van der Waals surface area contributed by atoms with Crippen LogP contribution in [0.25, 0.3) is 5.76 Å². The number of aliphatic hydroxyl groups excluding tert-OH is 12. The predicted octanol–water partition coefficient (Wildman–Crippen LogP) is -4.81. The van der Waals surface area contributed by atoms with E-state index in [1.54, 1.807) is 0 Å². The summed E-state index contributed by atoms with van der Waals surface area (Å²) in [5, 5.41) is 135. The van der Waals surface area contributed by atoms with Gasteiger partial charge in [-0.3, -0.25) is 0 Å². The van der Waals surface area contributed by atoms with Crippen molar-refractivity contribution >= 4 is 5.76 Å². The average Bonchev–Trinajstić information content (AvgIpc) is 3.17. The molecule has 0 bridgehead atoms. The molecule has 1 aromatic carbocycles. The second-order valence-electron chi connectivity index (χ2n) is 13.3. The molecule has 21 nitrogen and oxygen atoms in total. The van der Waals surface area contributed by atoms with Crippen LogP contribution in [0.15, 0.2) is 59.3 Å². The molecule has 55 heavy (non-hydrogen) atoms. The number of allylic oxidation sites excluding steroid dienone is 2. The first-order valence-corrected chi connectivity index (χ1v) is 17.1. The van der Waals surface area contributed by atoms with Crippen LogP contribution in [0.1, 0.15) is 5.56 Å². The zero-order valence-corrected chi connectivity index (χ0v) is 28.9. The normalized spacial score (nSPS) is 40.6. The van der Waals surface area contributed by atoms with Gasteiger partial charge in [0.15, 0.2) is 35.4 Å². The molecule has 8 unspecified atom stereocenters. The van der Waals surface area contributed by atoms with Crippen molar-refractivity contribution in [1.82, 2.24) is 0 Å². The fourth-order valence-electron chi connectivity index (χ4n) is 6.56. The Labute approximate surface area is 311 Å². The Morgan fingerprint density at radius 3 is 1.80 bits per heavy atom. The van der Waals surface area contributed by atoms with Gasteiger partial charge in [-0.25, -0.2) is 0 Å². The summed E-state index contributed by atoms with van der Waals surface area (Å²) in [6.07, 6.45) is -23.7. The van der Waals surface area contributed by atoms with Crippen LogP contribution < -0.4 is 4.74 Å². The molecule has 4 aliphatic heterocycles. The van der Waals surface area contributed by atoms with E-state index in [0.717, 1.165) is 6.08 Å². The number of rotatable bonds is 11. The molecule has 0 aromatic heterocycles. The van der Waals surface area contributed by atoms with Gasteiger partial charge in [0.2, 0.25) is 12.6 Å². The molecule has 3 fully saturated rings. The summed E-state index contributed by atoms with van der Waals surface area (Å²) in [5.74, 6) is -1.25. The largest absolute Gasteiger partial charge is 0.508 e. The maximum atomic E-state index is 11.2. The molecule has 1 aliphatic carbocycles. The lowest BCUT2D eigenvalue weighted by Crippen LogP contribution is -2.64. The van der Waals surface area contributed by atoms with E-state index in [2.05, 4.69) is 0 Å². The van der Waals surface area contributed by atoms with Gasteiger partial charge in [0.25, 0.3) is 0 Å². The summed E-state index contributed by atoms with van der Waals surface area (Å²) in [6, 6.07) is 4.04. The number of aliphatic hydroxyl groups is 12. The highest BCUT2D eigenvalue weighted by molar-refractivity contribution is 5.70. The molecule has 16 atom stereocenters. The lowest BCUT2D eigenvalue weighted by molar-refractivity contribution is -0.363. The first-order valence-electron chi connectivity index (χ1n) is 17.1. The number of phenolic OH excluding ortho intramolecular Hbond substituents is 1. The Kier molecular flexibility index (Phi) is 12.6. The summed E-state index contributed by atoms with van der Waals surface area (Å²) in [4.78, 5) is 0. The number of aromatic hydroxyl groups is 1. The second kappa shape index (κ2) is 16.9. The van der Waals surface area contributed by atoms with Crippen molar-refractivity contribution in [3.05, 3.63) is 64.8 Å². The Bertz CT molecular complexity index is 1640. The van der Waals surface area contributed by atoms with E-state index in [9.17, 15) is 66.4 Å². The van der Waals surface area contributed by atoms with Gasteiger partial charge in [-0.05, 0) is 24.3 Å². The van der Waals surface area contributed by atoms with Gasteiger partial charge >= 0.3 is 0 Å². The van der Waals surface area contributed by atoms with Gasteiger partial charge < -0.3 is 104 Å². The zero-order valence-electron chi connectivity index (χ0n) is 28.9. The van der Waals surface area contributed by atoms with Gasteiger partial charge in [0.05, 0.1) is 26.9 Å². The number of ether oxygens (including phenoxy) is 8. The first kappa shape index (κ1) is 41.0. The highest BCUT2D eigenvalue weighted by atomic mass is 16.8. The fourth-order valence-corrected chi connectivity index (χ4v) is 6.56. The van der Waals surface area contributed by atoms with Crippen molar-refractivity contribution in [1.29, 1.82) is 0 Å². The van der Waals surface area contributed by atoms with Gasteiger partial charge in [-0.15, -0.1) is 0 Å². The third kappa shape index (κ3) is 8.00. The molecule has 21 heteroatoms. The standard InChI is InChI=1S/C34H44O21/c1-48-17-4-11(2-3-14(17)39)30-18(7-13-15(49-30)5-12(38)6-16(13)50-32-28(46)25(43)22(40)19(8-35)52-32)51-34-31(27(45)24(42)21(10-37)54-34)55-33-29(47)26(44)23(41)20(9-36)53-33/h2-7,15,19-29,31-47H,8-10H2,1H3/t15?,19?,20?,21?,22-,23-,24-,25+,26?,27?,28?,29-,31?,32-,33+,34-/m1/s1. The zero-order chi connectivity index (χ0) is 39.9. The molecular formula is C34H44O21. The number of hydrogen-bond acceptors (Lipinski definition) is 21. The highest BCUT2D eigenvalue weighted by Crippen LogP contribution is 2.42. The summed E-state index contributed by atoms with van der Waals surface area (Å²) in [6.45, 7) is -2.41. The molecule has 0 radical (unpaired) electrons. The summed E-state index contributed by atoms with van der Waals surface area (Å²) in [7, 11) is 1.29. The number of fused-ring (bicyclic) bond motifs is 1. The molecule has 1 aromatic rings. The third-order valence-corrected chi connectivity index (χ3v) is 9.69. The third-order valence-electron chi connectivity index (χ3n) is 9.69. The SMILES string of the molecule is COc1cc(C2=C(O[C@@H]3OC(CO)[C@@H](O)C(O)C3O[C@@H]3OC(CO)[C@@H](O)C(O)[C@H]3O)C=C3C(O[C@@H]4OC(CO)[C@@H](O)[C@H](O)C4O)=CC(O)=CC3O2)ccc1O. The number of phenols is 1. The molecular weight excluding hydrogens is 744 g/mol. The molecule has 13 N–H and O–H groups in total. The van der Waals surface area contributed by atoms with Gasteiger partial charge in [-0.1, -0.05) is 0 Å². The van der Waals surface area contributed by atoms with Crippen molar-refractivity contribution in [2.24, 2.45) is 0 Å². The maximum absolute atomic E-state index is 11.2. The average molecular weight is 789 g/mol. The van der Waals surface area contributed by atoms with Crippen molar-refractivity contribution in [2.75, 3.05) is 26.9 Å². The Morgan fingerprint density at radius 2 is 1.20 bits per heavy atom. The molecule has 0 amide bonds. The van der Waals surface area contributed by atoms with Crippen LogP contribution in [0.5, 0.6) is 11.5 Å². The van der Waals surface area contributed by atoms with E-state index in [4.69, 9.17) is 37.9 Å². The van der Waals surface area contributed by atoms with Crippen LogP contribution in [0.3, 0.4) is 0 Å².